The van der Waals surface area contributed by atoms with Gasteiger partial charge in [-0.3, -0.25) is 9.69 Å². The molecule has 1 amide bonds. The van der Waals surface area contributed by atoms with E-state index in [1.165, 1.54) is 25.8 Å². The number of amides is 1. The first-order valence-corrected chi connectivity index (χ1v) is 9.68. The number of methoxy groups -OCH3 is 1. The monoisotopic (exact) mass is 366 g/mol. The molecule has 1 aromatic heterocycles. The van der Waals surface area contributed by atoms with E-state index in [4.69, 9.17) is 4.74 Å². The summed E-state index contributed by atoms with van der Waals surface area (Å²) >= 11 is 0. The second-order valence-electron chi connectivity index (χ2n) is 7.45. The number of nitrogens with zero attached hydrogens (tertiary/aromatic N) is 4. The minimum atomic E-state index is 0.106. The van der Waals surface area contributed by atoms with Gasteiger partial charge in [0.1, 0.15) is 0 Å². The Morgan fingerprint density at radius 2 is 1.93 bits per heavy atom. The van der Waals surface area contributed by atoms with Crippen molar-refractivity contribution in [3.05, 3.63) is 42.1 Å². The van der Waals surface area contributed by atoms with E-state index in [2.05, 4.69) is 21.8 Å². The summed E-state index contributed by atoms with van der Waals surface area (Å²) in [6.45, 7) is 5.15. The lowest BCUT2D eigenvalue weighted by atomic mass is 9.97. The molecule has 1 aromatic carbocycles. The molecule has 2 aliphatic heterocycles. The van der Waals surface area contributed by atoms with Gasteiger partial charge in [0.05, 0.1) is 7.11 Å². The zero-order valence-corrected chi connectivity index (χ0v) is 16.0. The molecule has 3 heterocycles. The molecule has 1 atom stereocenters. The van der Waals surface area contributed by atoms with Crippen LogP contribution in [0.1, 0.15) is 36.5 Å². The molecule has 0 radical (unpaired) electrons. The van der Waals surface area contributed by atoms with Crippen LogP contribution in [0.5, 0.6) is 5.88 Å². The number of rotatable bonds is 4. The number of benzene rings is 1. The predicted molar refractivity (Wildman–Crippen MR) is 104 cm³/mol. The lowest BCUT2D eigenvalue weighted by Gasteiger charge is -2.49. The molecule has 6 nitrogen and oxygen atoms in total. The molecule has 0 N–H and O–H groups in total. The van der Waals surface area contributed by atoms with Gasteiger partial charge < -0.3 is 9.64 Å². The van der Waals surface area contributed by atoms with Gasteiger partial charge in [0, 0.05) is 48.6 Å². The third-order valence-electron chi connectivity index (χ3n) is 5.70. The zero-order chi connectivity index (χ0) is 18.8. The average molecular weight is 366 g/mol. The van der Waals surface area contributed by atoms with Gasteiger partial charge in [-0.25, -0.2) is 4.98 Å². The molecule has 27 heavy (non-hydrogen) atoms. The van der Waals surface area contributed by atoms with Crippen LogP contribution in [0.25, 0.3) is 11.4 Å². The van der Waals surface area contributed by atoms with E-state index in [1.807, 2.05) is 29.2 Å². The molecule has 2 fully saturated rings. The Labute approximate surface area is 160 Å². The van der Waals surface area contributed by atoms with Gasteiger partial charge in [-0.05, 0) is 38.4 Å². The molecule has 0 bridgehead atoms. The standard InChI is InChI=1S/C21H26N4O2/c1-15-5-3-4-12-25(15)18-13-24(14-18)21(26)17-8-6-16(7-9-17)20-22-11-10-19(23-20)27-2/h6-11,15,18H,3-5,12-14H2,1-2H3/t15-/m1/s1. The van der Waals surface area contributed by atoms with E-state index in [-0.39, 0.29) is 5.91 Å². The van der Waals surface area contributed by atoms with Crippen LogP contribution in [0.2, 0.25) is 0 Å². The van der Waals surface area contributed by atoms with E-state index >= 15 is 0 Å². The van der Waals surface area contributed by atoms with Crippen molar-refractivity contribution in [2.45, 2.75) is 38.3 Å². The topological polar surface area (TPSA) is 58.6 Å². The van der Waals surface area contributed by atoms with Crippen LogP contribution < -0.4 is 4.74 Å². The van der Waals surface area contributed by atoms with Crippen molar-refractivity contribution >= 4 is 5.91 Å². The second kappa shape index (κ2) is 7.64. The average Bonchev–Trinajstić information content (AvgIpc) is 2.68. The molecule has 0 saturated carbocycles. The number of ether oxygens (including phenoxy) is 1. The van der Waals surface area contributed by atoms with Gasteiger partial charge in [0.2, 0.25) is 5.88 Å². The minimum Gasteiger partial charge on any atom is -0.481 e. The van der Waals surface area contributed by atoms with Crippen molar-refractivity contribution in [2.75, 3.05) is 26.7 Å². The van der Waals surface area contributed by atoms with Crippen LogP contribution in [-0.4, -0.2) is 64.5 Å². The summed E-state index contributed by atoms with van der Waals surface area (Å²) in [4.78, 5) is 25.9. The third kappa shape index (κ3) is 3.67. The number of aromatic nitrogens is 2. The number of carbonyl (C=O) groups excluding carboxylic acids is 1. The summed E-state index contributed by atoms with van der Waals surface area (Å²) in [5, 5.41) is 0. The van der Waals surface area contributed by atoms with Crippen molar-refractivity contribution in [1.29, 1.82) is 0 Å². The minimum absolute atomic E-state index is 0.106. The Kier molecular flexibility index (Phi) is 5.07. The number of hydrogen-bond acceptors (Lipinski definition) is 5. The van der Waals surface area contributed by atoms with Gasteiger partial charge >= 0.3 is 0 Å². The van der Waals surface area contributed by atoms with Gasteiger partial charge in [-0.2, -0.15) is 4.98 Å². The normalized spacial score (nSPS) is 21.0. The molecule has 2 saturated heterocycles. The Morgan fingerprint density at radius 3 is 2.63 bits per heavy atom. The van der Waals surface area contributed by atoms with Gasteiger partial charge in [0.15, 0.2) is 5.82 Å². The highest BCUT2D eigenvalue weighted by molar-refractivity contribution is 5.95. The SMILES string of the molecule is COc1ccnc(-c2ccc(C(=O)N3CC(N4CCCC[C@H]4C)C3)cc2)n1. The summed E-state index contributed by atoms with van der Waals surface area (Å²) in [6.07, 6.45) is 5.55. The smallest absolute Gasteiger partial charge is 0.253 e. The maximum Gasteiger partial charge on any atom is 0.253 e. The third-order valence-corrected chi connectivity index (χ3v) is 5.70. The number of carbonyl (C=O) groups is 1. The van der Waals surface area contributed by atoms with Crippen LogP contribution in [0.4, 0.5) is 0 Å². The summed E-state index contributed by atoms with van der Waals surface area (Å²) < 4.78 is 5.14. The number of likely N-dealkylation sites (tertiary alicyclic amines) is 2. The maximum atomic E-state index is 12.7. The maximum absolute atomic E-state index is 12.7. The molecule has 0 unspecified atom stereocenters. The van der Waals surface area contributed by atoms with E-state index in [0.717, 1.165) is 18.7 Å². The zero-order valence-electron chi connectivity index (χ0n) is 16.0. The largest absolute Gasteiger partial charge is 0.481 e. The quantitative estimate of drug-likeness (QED) is 0.833. The molecule has 4 rings (SSSR count). The van der Waals surface area contributed by atoms with Crippen molar-refractivity contribution in [1.82, 2.24) is 19.8 Å². The highest BCUT2D eigenvalue weighted by Gasteiger charge is 2.37. The second-order valence-corrected chi connectivity index (χ2v) is 7.45. The Bertz CT molecular complexity index is 802. The lowest BCUT2D eigenvalue weighted by Crippen LogP contribution is -2.63. The van der Waals surface area contributed by atoms with E-state index < -0.39 is 0 Å². The first-order chi connectivity index (χ1) is 13.2. The molecule has 2 aliphatic rings. The van der Waals surface area contributed by atoms with E-state index in [0.29, 0.717) is 29.4 Å². The summed E-state index contributed by atoms with van der Waals surface area (Å²) in [5.74, 6) is 1.23. The number of piperidine rings is 1. The van der Waals surface area contributed by atoms with Crippen molar-refractivity contribution < 1.29 is 9.53 Å². The highest BCUT2D eigenvalue weighted by Crippen LogP contribution is 2.26. The molecular weight excluding hydrogens is 340 g/mol. The first kappa shape index (κ1) is 17.9. The fraction of sp³-hybridized carbons (Fsp3) is 0.476. The van der Waals surface area contributed by atoms with Crippen LogP contribution >= 0.6 is 0 Å². The fourth-order valence-corrected chi connectivity index (χ4v) is 4.03. The molecule has 2 aromatic rings. The van der Waals surface area contributed by atoms with Gasteiger partial charge in [-0.15, -0.1) is 0 Å². The first-order valence-electron chi connectivity index (χ1n) is 9.68. The van der Waals surface area contributed by atoms with Crippen LogP contribution in [-0.2, 0) is 0 Å². The summed E-state index contributed by atoms with van der Waals surface area (Å²) in [6, 6.07) is 10.4. The van der Waals surface area contributed by atoms with Crippen molar-refractivity contribution in [3.8, 4) is 17.3 Å². The Hall–Kier alpha value is -2.47. The van der Waals surface area contributed by atoms with Crippen molar-refractivity contribution in [2.24, 2.45) is 0 Å². The molecule has 0 spiro atoms. The summed E-state index contributed by atoms with van der Waals surface area (Å²) in [7, 11) is 1.58. The molecular formula is C21H26N4O2. The molecule has 0 aliphatic carbocycles. The lowest BCUT2D eigenvalue weighted by molar-refractivity contribution is 0.00213. The van der Waals surface area contributed by atoms with Crippen LogP contribution in [0.15, 0.2) is 36.5 Å². The van der Waals surface area contributed by atoms with E-state index in [9.17, 15) is 4.79 Å². The predicted octanol–water partition coefficient (Wildman–Crippen LogP) is 2.85. The molecule has 6 heteroatoms. The van der Waals surface area contributed by atoms with Crippen LogP contribution in [0, 0.1) is 0 Å². The highest BCUT2D eigenvalue weighted by atomic mass is 16.5. The fourth-order valence-electron chi connectivity index (χ4n) is 4.03. The van der Waals surface area contributed by atoms with E-state index in [1.54, 1.807) is 19.4 Å². The Morgan fingerprint density at radius 1 is 1.15 bits per heavy atom. The summed E-state index contributed by atoms with van der Waals surface area (Å²) in [5.41, 5.74) is 1.58. The number of hydrogen-bond donors (Lipinski definition) is 0. The van der Waals surface area contributed by atoms with Gasteiger partial charge in [0.25, 0.3) is 5.91 Å². The van der Waals surface area contributed by atoms with Gasteiger partial charge in [-0.1, -0.05) is 18.6 Å². The van der Waals surface area contributed by atoms with Crippen molar-refractivity contribution in [3.63, 3.8) is 0 Å². The molecule has 142 valence electrons. The Balaban J connectivity index is 1.39. The van der Waals surface area contributed by atoms with Crippen LogP contribution in [0.3, 0.4) is 0 Å².